The second kappa shape index (κ2) is 10.3. The van der Waals surface area contributed by atoms with Gasteiger partial charge in [0.15, 0.2) is 0 Å². The largest absolute Gasteiger partial charge is 0.444 e. The van der Waals surface area contributed by atoms with Crippen LogP contribution in [0.4, 0.5) is 14.9 Å². The van der Waals surface area contributed by atoms with E-state index < -0.39 is 27.5 Å². The smallest absolute Gasteiger partial charge is 0.407 e. The number of benzene rings is 1. The van der Waals surface area contributed by atoms with Crippen LogP contribution in [0.2, 0.25) is 5.02 Å². The van der Waals surface area contributed by atoms with E-state index in [0.717, 1.165) is 6.07 Å². The number of hydrogen-bond donors (Lipinski definition) is 3. The molecule has 1 saturated carbocycles. The number of alkyl carbamates (subject to hydrolysis) is 1. The van der Waals surface area contributed by atoms with Crippen molar-refractivity contribution in [3.63, 3.8) is 0 Å². The Labute approximate surface area is 200 Å². The summed E-state index contributed by atoms with van der Waals surface area (Å²) in [6, 6.07) is 4.75. The van der Waals surface area contributed by atoms with E-state index in [1.165, 1.54) is 24.4 Å². The van der Waals surface area contributed by atoms with Crippen molar-refractivity contribution < 1.29 is 22.3 Å². The SMILES string of the molecule is O=C(NC1CCC(NS(=O)(=O)c2ccccc2F)CC1)O[C@@H]1CCN(c2cn[nH]c(=O)c2Cl)C1. The van der Waals surface area contributed by atoms with Crippen LogP contribution in [0.5, 0.6) is 0 Å². The lowest BCUT2D eigenvalue weighted by Crippen LogP contribution is -2.44. The Kier molecular flexibility index (Phi) is 7.39. The first-order valence-corrected chi connectivity index (χ1v) is 12.8. The number of H-pyrrole nitrogens is 1. The van der Waals surface area contributed by atoms with Gasteiger partial charge in [-0.25, -0.2) is 27.4 Å². The zero-order chi connectivity index (χ0) is 24.3. The van der Waals surface area contributed by atoms with Crippen molar-refractivity contribution in [1.82, 2.24) is 20.2 Å². The van der Waals surface area contributed by atoms with Crippen LogP contribution in [0.1, 0.15) is 32.1 Å². The summed E-state index contributed by atoms with van der Waals surface area (Å²) in [5.74, 6) is -0.795. The molecule has 2 aromatic rings. The molecule has 0 radical (unpaired) electrons. The summed E-state index contributed by atoms with van der Waals surface area (Å²) in [4.78, 5) is 25.5. The first-order valence-electron chi connectivity index (χ1n) is 10.9. The van der Waals surface area contributed by atoms with Crippen molar-refractivity contribution in [2.45, 2.75) is 55.2 Å². The van der Waals surface area contributed by atoms with Crippen molar-refractivity contribution in [2.24, 2.45) is 0 Å². The third-order valence-electron chi connectivity index (χ3n) is 6.03. The van der Waals surface area contributed by atoms with Crippen LogP contribution < -0.4 is 20.5 Å². The third-order valence-corrected chi connectivity index (χ3v) is 7.95. The average molecular weight is 514 g/mol. The number of amides is 1. The minimum absolute atomic E-state index is 0.0440. The van der Waals surface area contributed by atoms with Gasteiger partial charge >= 0.3 is 6.09 Å². The molecule has 1 aromatic carbocycles. The summed E-state index contributed by atoms with van der Waals surface area (Å²) in [5.41, 5.74) is 0.0150. The predicted octanol–water partition coefficient (Wildman–Crippen LogP) is 2.16. The van der Waals surface area contributed by atoms with Gasteiger partial charge in [0.05, 0.1) is 18.4 Å². The first kappa shape index (κ1) is 24.4. The number of aromatic nitrogens is 2. The molecule has 2 fully saturated rings. The number of carbonyl (C=O) groups excluding carboxylic acids is 1. The Bertz CT molecular complexity index is 1200. The quantitative estimate of drug-likeness (QED) is 0.539. The molecule has 4 rings (SSSR count). The molecule has 1 aliphatic heterocycles. The monoisotopic (exact) mass is 513 g/mol. The van der Waals surface area contributed by atoms with E-state index in [0.29, 0.717) is 50.9 Å². The molecule has 1 saturated heterocycles. The van der Waals surface area contributed by atoms with Crippen LogP contribution in [0, 0.1) is 5.82 Å². The fraction of sp³-hybridized carbons (Fsp3) is 0.476. The van der Waals surface area contributed by atoms with E-state index in [9.17, 15) is 22.4 Å². The van der Waals surface area contributed by atoms with Crippen molar-refractivity contribution in [1.29, 1.82) is 0 Å². The third kappa shape index (κ3) is 5.68. The van der Waals surface area contributed by atoms with Crippen molar-refractivity contribution in [3.8, 4) is 0 Å². The van der Waals surface area contributed by atoms with Crippen LogP contribution in [-0.4, -0.2) is 56.0 Å². The van der Waals surface area contributed by atoms with Gasteiger partial charge in [-0.3, -0.25) is 4.79 Å². The predicted molar refractivity (Wildman–Crippen MR) is 123 cm³/mol. The molecule has 34 heavy (non-hydrogen) atoms. The van der Waals surface area contributed by atoms with E-state index >= 15 is 0 Å². The highest BCUT2D eigenvalue weighted by Gasteiger charge is 2.31. The van der Waals surface area contributed by atoms with E-state index in [2.05, 4.69) is 20.2 Å². The van der Waals surface area contributed by atoms with Crippen LogP contribution in [0.3, 0.4) is 0 Å². The first-order chi connectivity index (χ1) is 16.2. The molecule has 0 bridgehead atoms. The Hall–Kier alpha value is -2.70. The number of anilines is 1. The topological polar surface area (TPSA) is 133 Å². The summed E-state index contributed by atoms with van der Waals surface area (Å²) >= 11 is 6.04. The fourth-order valence-corrected chi connectivity index (χ4v) is 5.89. The van der Waals surface area contributed by atoms with Crippen molar-refractivity contribution in [2.75, 3.05) is 18.0 Å². The second-order valence-corrected chi connectivity index (χ2v) is 10.5. The number of hydrogen-bond acceptors (Lipinski definition) is 7. The van der Waals surface area contributed by atoms with Gasteiger partial charge in [0.1, 0.15) is 21.8 Å². The zero-order valence-corrected chi connectivity index (χ0v) is 19.7. The number of carbonyl (C=O) groups is 1. The maximum absolute atomic E-state index is 13.9. The van der Waals surface area contributed by atoms with Crippen LogP contribution in [0.15, 0.2) is 40.2 Å². The summed E-state index contributed by atoms with van der Waals surface area (Å²) in [5, 5.41) is 8.90. The maximum Gasteiger partial charge on any atom is 0.407 e. The number of rotatable bonds is 6. The molecule has 1 amide bonds. The maximum atomic E-state index is 13.9. The Morgan fingerprint density at radius 3 is 2.62 bits per heavy atom. The normalized spacial score (nSPS) is 23.0. The molecule has 2 aliphatic rings. The van der Waals surface area contributed by atoms with Gasteiger partial charge in [-0.15, -0.1) is 0 Å². The van der Waals surface area contributed by atoms with Gasteiger partial charge in [0.2, 0.25) is 10.0 Å². The average Bonchev–Trinajstić information content (AvgIpc) is 3.25. The molecule has 0 unspecified atom stereocenters. The molecule has 3 N–H and O–H groups in total. The molecule has 1 atom stereocenters. The number of ether oxygens (including phenoxy) is 1. The highest BCUT2D eigenvalue weighted by atomic mass is 35.5. The van der Waals surface area contributed by atoms with E-state index in [1.807, 2.05) is 4.90 Å². The highest BCUT2D eigenvalue weighted by Crippen LogP contribution is 2.26. The fourth-order valence-electron chi connectivity index (χ4n) is 4.29. The lowest BCUT2D eigenvalue weighted by atomic mass is 9.92. The molecule has 10 nitrogen and oxygen atoms in total. The molecule has 13 heteroatoms. The summed E-state index contributed by atoms with van der Waals surface area (Å²) in [6.45, 7) is 0.957. The van der Waals surface area contributed by atoms with Crippen molar-refractivity contribution >= 4 is 33.4 Å². The van der Waals surface area contributed by atoms with Crippen molar-refractivity contribution in [3.05, 3.63) is 51.7 Å². The summed E-state index contributed by atoms with van der Waals surface area (Å²) < 4.78 is 46.9. The minimum atomic E-state index is -3.96. The number of sulfonamides is 1. The minimum Gasteiger partial charge on any atom is -0.444 e. The van der Waals surface area contributed by atoms with Gasteiger partial charge in [0, 0.05) is 25.0 Å². The van der Waals surface area contributed by atoms with Crippen LogP contribution >= 0.6 is 11.6 Å². The number of nitrogens with zero attached hydrogens (tertiary/aromatic N) is 2. The molecular formula is C21H25ClFN5O5S. The molecule has 1 aliphatic carbocycles. The number of halogens is 2. The second-order valence-electron chi connectivity index (χ2n) is 8.40. The Morgan fingerprint density at radius 1 is 1.18 bits per heavy atom. The van der Waals surface area contributed by atoms with Crippen LogP contribution in [-0.2, 0) is 14.8 Å². The standard InChI is InChI=1S/C21H25ClFN5O5S/c22-19-17(11-24-26-20(19)29)28-10-9-15(12-28)33-21(30)25-13-5-7-14(8-6-13)27-34(31,32)18-4-2-1-3-16(18)23/h1-4,11,13-15,27H,5-10,12H2,(H,25,30)(H,26,29)/t13?,14?,15-/m1/s1. The summed E-state index contributed by atoms with van der Waals surface area (Å²) in [7, 11) is -3.96. The molecule has 1 aromatic heterocycles. The number of aromatic amines is 1. The summed E-state index contributed by atoms with van der Waals surface area (Å²) in [6.07, 6.45) is 3.27. The lowest BCUT2D eigenvalue weighted by Gasteiger charge is -2.29. The van der Waals surface area contributed by atoms with Gasteiger partial charge in [-0.1, -0.05) is 23.7 Å². The lowest BCUT2D eigenvalue weighted by molar-refractivity contribution is 0.102. The van der Waals surface area contributed by atoms with Gasteiger partial charge < -0.3 is 15.0 Å². The zero-order valence-electron chi connectivity index (χ0n) is 18.2. The Balaban J connectivity index is 1.22. The molecule has 2 heterocycles. The van der Waals surface area contributed by atoms with E-state index in [1.54, 1.807) is 0 Å². The van der Waals surface area contributed by atoms with Crippen LogP contribution in [0.25, 0.3) is 0 Å². The van der Waals surface area contributed by atoms with E-state index in [-0.39, 0.29) is 28.1 Å². The molecule has 184 valence electrons. The van der Waals surface area contributed by atoms with Gasteiger partial charge in [-0.2, -0.15) is 5.10 Å². The highest BCUT2D eigenvalue weighted by molar-refractivity contribution is 7.89. The molecule has 0 spiro atoms. The Morgan fingerprint density at radius 2 is 1.88 bits per heavy atom. The van der Waals surface area contributed by atoms with E-state index in [4.69, 9.17) is 16.3 Å². The molecular weight excluding hydrogens is 489 g/mol. The number of nitrogens with one attached hydrogen (secondary N) is 3. The van der Waals surface area contributed by atoms with Gasteiger partial charge in [-0.05, 0) is 37.8 Å². The van der Waals surface area contributed by atoms with Gasteiger partial charge in [0.25, 0.3) is 5.56 Å².